The van der Waals surface area contributed by atoms with Gasteiger partial charge in [-0.1, -0.05) is 5.16 Å². The normalized spacial score (nSPS) is 19.4. The van der Waals surface area contributed by atoms with Gasteiger partial charge in [-0.15, -0.1) is 23.5 Å². The Balaban J connectivity index is 1.37. The number of amides is 1. The van der Waals surface area contributed by atoms with Crippen LogP contribution in [0.2, 0.25) is 0 Å². The van der Waals surface area contributed by atoms with Crippen molar-refractivity contribution in [2.45, 2.75) is 28.6 Å². The minimum Gasteiger partial charge on any atom is -0.338 e. The van der Waals surface area contributed by atoms with Gasteiger partial charge in [0.15, 0.2) is 0 Å². The van der Waals surface area contributed by atoms with Gasteiger partial charge in [-0.2, -0.15) is 4.98 Å². The van der Waals surface area contributed by atoms with Gasteiger partial charge in [0.1, 0.15) is 5.50 Å². The van der Waals surface area contributed by atoms with Crippen molar-refractivity contribution in [1.82, 2.24) is 25.8 Å². The third kappa shape index (κ3) is 4.54. The van der Waals surface area contributed by atoms with Crippen LogP contribution in [0, 0.1) is 0 Å². The first-order valence-corrected chi connectivity index (χ1v) is 11.0. The molecule has 1 aromatic carbocycles. The fourth-order valence-corrected chi connectivity index (χ4v) is 4.21. The molecule has 0 saturated carbocycles. The summed E-state index contributed by atoms with van der Waals surface area (Å²) in [4.78, 5) is 21.8. The molecular weight excluding hydrogens is 394 g/mol. The number of carbonyl (C=O) groups is 1. The van der Waals surface area contributed by atoms with Gasteiger partial charge < -0.3 is 9.84 Å². The maximum atomic E-state index is 12.1. The summed E-state index contributed by atoms with van der Waals surface area (Å²) in [5.41, 5.74) is 1.74. The van der Waals surface area contributed by atoms with E-state index in [9.17, 15) is 4.79 Å². The standard InChI is InChI=1S/C19H19N5O2S2/c1-27-14-4-2-13(3-5-14)18-23-17(26-24-18)11-28-19-21-15(10-16(25)22-19)12-6-8-20-9-7-12/h2-9,15,19,21H,10-11H2,1H3,(H,22,25). The molecule has 144 valence electrons. The second kappa shape index (κ2) is 8.76. The van der Waals surface area contributed by atoms with Crippen molar-refractivity contribution in [3.63, 3.8) is 0 Å². The van der Waals surface area contributed by atoms with Crippen LogP contribution in [0.15, 0.2) is 58.2 Å². The van der Waals surface area contributed by atoms with Crippen molar-refractivity contribution in [3.8, 4) is 11.4 Å². The van der Waals surface area contributed by atoms with Crippen LogP contribution in [0.4, 0.5) is 0 Å². The number of rotatable bonds is 6. The lowest BCUT2D eigenvalue weighted by Crippen LogP contribution is -2.50. The van der Waals surface area contributed by atoms with Gasteiger partial charge in [-0.05, 0) is 48.2 Å². The van der Waals surface area contributed by atoms with Gasteiger partial charge in [0, 0.05) is 35.3 Å². The van der Waals surface area contributed by atoms with Crippen molar-refractivity contribution >= 4 is 29.4 Å². The van der Waals surface area contributed by atoms with Crippen LogP contribution in [0.1, 0.15) is 23.9 Å². The Morgan fingerprint density at radius 1 is 1.18 bits per heavy atom. The minimum atomic E-state index is -0.226. The SMILES string of the molecule is CSc1ccc(-c2noc(CSC3NC(=O)CC(c4ccncc4)N3)n2)cc1. The highest BCUT2D eigenvalue weighted by Gasteiger charge is 2.27. The lowest BCUT2D eigenvalue weighted by molar-refractivity contribution is -0.123. The average Bonchev–Trinajstić information content (AvgIpc) is 3.22. The molecule has 3 aromatic rings. The average molecular weight is 414 g/mol. The lowest BCUT2D eigenvalue weighted by Gasteiger charge is -2.31. The predicted octanol–water partition coefficient (Wildman–Crippen LogP) is 3.22. The molecule has 2 atom stereocenters. The number of aromatic nitrogens is 3. The maximum absolute atomic E-state index is 12.1. The van der Waals surface area contributed by atoms with E-state index in [0.29, 0.717) is 23.9 Å². The number of nitrogens with one attached hydrogen (secondary N) is 2. The second-order valence-corrected chi connectivity index (χ2v) is 8.18. The summed E-state index contributed by atoms with van der Waals surface area (Å²) in [6.07, 6.45) is 5.91. The zero-order valence-corrected chi connectivity index (χ0v) is 16.8. The molecule has 2 N–H and O–H groups in total. The molecule has 0 bridgehead atoms. The third-order valence-electron chi connectivity index (χ3n) is 4.33. The van der Waals surface area contributed by atoms with E-state index in [1.165, 1.54) is 16.7 Å². The summed E-state index contributed by atoms with van der Waals surface area (Å²) in [7, 11) is 0. The van der Waals surface area contributed by atoms with Crippen LogP contribution in [-0.2, 0) is 10.5 Å². The number of nitrogens with zero attached hydrogens (tertiary/aromatic N) is 3. The summed E-state index contributed by atoms with van der Waals surface area (Å²) < 4.78 is 5.37. The summed E-state index contributed by atoms with van der Waals surface area (Å²) >= 11 is 3.20. The third-order valence-corrected chi connectivity index (χ3v) is 6.08. The van der Waals surface area contributed by atoms with Crippen LogP contribution in [-0.4, -0.2) is 32.8 Å². The Morgan fingerprint density at radius 3 is 2.71 bits per heavy atom. The van der Waals surface area contributed by atoms with Crippen LogP contribution in [0.3, 0.4) is 0 Å². The Kier molecular flexibility index (Phi) is 5.94. The highest BCUT2D eigenvalue weighted by Crippen LogP contribution is 2.26. The second-order valence-electron chi connectivity index (χ2n) is 6.20. The maximum Gasteiger partial charge on any atom is 0.237 e. The molecule has 1 aliphatic rings. The monoisotopic (exact) mass is 413 g/mol. The van der Waals surface area contributed by atoms with Gasteiger partial charge in [0.2, 0.25) is 17.6 Å². The number of hydrogen-bond acceptors (Lipinski definition) is 8. The van der Waals surface area contributed by atoms with E-state index >= 15 is 0 Å². The zero-order valence-electron chi connectivity index (χ0n) is 15.2. The van der Waals surface area contributed by atoms with Crippen LogP contribution < -0.4 is 10.6 Å². The quantitative estimate of drug-likeness (QED) is 0.595. The molecule has 1 saturated heterocycles. The lowest BCUT2D eigenvalue weighted by atomic mass is 10.0. The number of carbonyl (C=O) groups excluding carboxylic acids is 1. The molecule has 0 spiro atoms. The minimum absolute atomic E-state index is 0.0122. The predicted molar refractivity (Wildman–Crippen MR) is 109 cm³/mol. The molecule has 1 aliphatic heterocycles. The van der Waals surface area contributed by atoms with E-state index in [0.717, 1.165) is 11.1 Å². The summed E-state index contributed by atoms with van der Waals surface area (Å²) in [6, 6.07) is 11.8. The van der Waals surface area contributed by atoms with Crippen molar-refractivity contribution in [2.75, 3.05) is 6.26 Å². The summed E-state index contributed by atoms with van der Waals surface area (Å²) in [6.45, 7) is 0. The number of thioether (sulfide) groups is 2. The van der Waals surface area contributed by atoms with Gasteiger partial charge in [-0.3, -0.25) is 15.1 Å². The largest absolute Gasteiger partial charge is 0.338 e. The van der Waals surface area contributed by atoms with Crippen LogP contribution in [0.5, 0.6) is 0 Å². The molecule has 2 unspecified atom stereocenters. The van der Waals surface area contributed by atoms with Crippen molar-refractivity contribution < 1.29 is 9.32 Å². The molecule has 0 radical (unpaired) electrons. The van der Waals surface area contributed by atoms with Gasteiger partial charge in [-0.25, -0.2) is 0 Å². The van der Waals surface area contributed by atoms with Crippen LogP contribution >= 0.6 is 23.5 Å². The molecule has 9 heteroatoms. The Hall–Kier alpha value is -2.36. The Bertz CT molecular complexity index is 933. The molecule has 1 amide bonds. The first kappa shape index (κ1) is 19.0. The van der Waals surface area contributed by atoms with E-state index in [-0.39, 0.29) is 17.4 Å². The summed E-state index contributed by atoms with van der Waals surface area (Å²) in [5.74, 6) is 1.60. The van der Waals surface area contributed by atoms with Gasteiger partial charge in [0.05, 0.1) is 5.75 Å². The summed E-state index contributed by atoms with van der Waals surface area (Å²) in [5, 5.41) is 10.4. The molecule has 1 fully saturated rings. The topological polar surface area (TPSA) is 92.9 Å². The smallest absolute Gasteiger partial charge is 0.237 e. The Morgan fingerprint density at radius 2 is 1.96 bits per heavy atom. The van der Waals surface area contributed by atoms with Crippen molar-refractivity contribution in [2.24, 2.45) is 0 Å². The fraction of sp³-hybridized carbons (Fsp3) is 0.263. The molecular formula is C19H19N5O2S2. The van der Waals surface area contributed by atoms with E-state index < -0.39 is 0 Å². The van der Waals surface area contributed by atoms with E-state index in [2.05, 4.69) is 25.8 Å². The number of benzene rings is 1. The van der Waals surface area contributed by atoms with Gasteiger partial charge in [0.25, 0.3) is 0 Å². The first-order chi connectivity index (χ1) is 13.7. The first-order valence-electron chi connectivity index (χ1n) is 8.75. The molecule has 3 heterocycles. The molecule has 0 aliphatic carbocycles. The van der Waals surface area contributed by atoms with Crippen molar-refractivity contribution in [3.05, 3.63) is 60.2 Å². The highest BCUT2D eigenvalue weighted by molar-refractivity contribution is 7.99. The highest BCUT2D eigenvalue weighted by atomic mass is 32.2. The van der Waals surface area contributed by atoms with E-state index in [4.69, 9.17) is 4.52 Å². The molecule has 28 heavy (non-hydrogen) atoms. The number of pyridine rings is 1. The molecule has 4 rings (SSSR count). The van der Waals surface area contributed by atoms with E-state index in [1.54, 1.807) is 24.2 Å². The van der Waals surface area contributed by atoms with Crippen molar-refractivity contribution in [1.29, 1.82) is 0 Å². The fourth-order valence-electron chi connectivity index (χ4n) is 2.90. The number of hydrogen-bond donors (Lipinski definition) is 2. The van der Waals surface area contributed by atoms with Crippen LogP contribution in [0.25, 0.3) is 11.4 Å². The van der Waals surface area contributed by atoms with Gasteiger partial charge >= 0.3 is 0 Å². The Labute approximate surface area is 171 Å². The molecule has 2 aromatic heterocycles. The zero-order chi connectivity index (χ0) is 19.3. The van der Waals surface area contributed by atoms with E-state index in [1.807, 2.05) is 42.7 Å². The molecule has 7 nitrogen and oxygen atoms in total.